The third kappa shape index (κ3) is 0.298. The van der Waals surface area contributed by atoms with Gasteiger partial charge in [-0.05, 0) is 12.8 Å². The van der Waals surface area contributed by atoms with Crippen molar-refractivity contribution < 1.29 is 8.78 Å². The summed E-state index contributed by atoms with van der Waals surface area (Å²) < 4.78 is 25.2. The molecule has 52 valence electrons. The number of halogens is 2. The topological polar surface area (TPSA) is 26.0 Å². The molecular formula is C6H9F2N. The van der Waals surface area contributed by atoms with Crippen LogP contribution in [-0.2, 0) is 0 Å². The van der Waals surface area contributed by atoms with Gasteiger partial charge in [0.05, 0.1) is 5.54 Å². The number of nitrogens with two attached hydrogens (primary N) is 1. The highest BCUT2D eigenvalue weighted by molar-refractivity contribution is 5.31. The number of alkyl halides is 2. The molecule has 3 aliphatic carbocycles. The monoisotopic (exact) mass is 133 g/mol. The zero-order chi connectivity index (χ0) is 6.91. The lowest BCUT2D eigenvalue weighted by Crippen LogP contribution is -2.86. The van der Waals surface area contributed by atoms with E-state index >= 15 is 0 Å². The summed E-state index contributed by atoms with van der Waals surface area (Å²) >= 11 is 0. The van der Waals surface area contributed by atoms with Crippen molar-refractivity contribution in [3.63, 3.8) is 0 Å². The van der Waals surface area contributed by atoms with E-state index in [4.69, 9.17) is 5.73 Å². The van der Waals surface area contributed by atoms with Gasteiger partial charge in [0.25, 0.3) is 5.92 Å². The molecule has 0 radical (unpaired) electrons. The van der Waals surface area contributed by atoms with E-state index in [1.54, 1.807) is 6.92 Å². The first-order valence-corrected chi connectivity index (χ1v) is 3.08. The van der Waals surface area contributed by atoms with E-state index in [1.165, 1.54) is 0 Å². The first kappa shape index (κ1) is 5.59. The van der Waals surface area contributed by atoms with Gasteiger partial charge >= 0.3 is 0 Å². The summed E-state index contributed by atoms with van der Waals surface area (Å²) in [5.41, 5.74) is 3.46. The zero-order valence-corrected chi connectivity index (χ0v) is 5.25. The molecule has 0 aromatic heterocycles. The van der Waals surface area contributed by atoms with Crippen LogP contribution in [0.25, 0.3) is 0 Å². The van der Waals surface area contributed by atoms with Crippen LogP contribution in [0.1, 0.15) is 19.8 Å². The fraction of sp³-hybridized carbons (Fsp3) is 1.00. The Hall–Kier alpha value is -0.180. The number of rotatable bonds is 0. The molecule has 0 saturated heterocycles. The van der Waals surface area contributed by atoms with Gasteiger partial charge in [0.2, 0.25) is 0 Å². The van der Waals surface area contributed by atoms with Gasteiger partial charge in [-0.15, -0.1) is 0 Å². The van der Waals surface area contributed by atoms with E-state index in [0.29, 0.717) is 12.8 Å². The molecule has 3 heteroatoms. The van der Waals surface area contributed by atoms with Crippen LogP contribution < -0.4 is 5.73 Å². The van der Waals surface area contributed by atoms with Crippen LogP contribution in [0, 0.1) is 5.41 Å². The minimum atomic E-state index is -2.57. The van der Waals surface area contributed by atoms with Crippen molar-refractivity contribution in [1.82, 2.24) is 0 Å². The summed E-state index contributed by atoms with van der Waals surface area (Å²) in [7, 11) is 0. The molecule has 0 amide bonds. The van der Waals surface area contributed by atoms with Crippen molar-refractivity contribution in [1.29, 1.82) is 0 Å². The SMILES string of the molecule is CC12CC(N)(C1)C2(F)F. The Kier molecular flexibility index (Phi) is 0.575. The lowest BCUT2D eigenvalue weighted by atomic mass is 9.37. The maximum Gasteiger partial charge on any atom is 0.271 e. The molecule has 9 heavy (non-hydrogen) atoms. The normalized spacial score (nSPS) is 60.0. The van der Waals surface area contributed by atoms with E-state index in [1.807, 2.05) is 0 Å². The molecule has 2 N–H and O–H groups in total. The molecule has 1 nitrogen and oxygen atoms in total. The van der Waals surface area contributed by atoms with Crippen LogP contribution in [0.4, 0.5) is 8.78 Å². The summed E-state index contributed by atoms with van der Waals surface area (Å²) in [5, 5.41) is 0. The number of hydrogen-bond donors (Lipinski definition) is 1. The van der Waals surface area contributed by atoms with Gasteiger partial charge < -0.3 is 5.73 Å². The molecule has 0 heterocycles. The first-order chi connectivity index (χ1) is 3.91. The van der Waals surface area contributed by atoms with E-state index in [9.17, 15) is 8.78 Å². The molecule has 2 bridgehead atoms. The number of hydrogen-bond acceptors (Lipinski definition) is 1. The molecule has 3 saturated carbocycles. The van der Waals surface area contributed by atoms with Gasteiger partial charge in [-0.3, -0.25) is 0 Å². The molecule has 0 unspecified atom stereocenters. The van der Waals surface area contributed by atoms with Crippen LogP contribution in [0.2, 0.25) is 0 Å². The fourth-order valence-corrected chi connectivity index (χ4v) is 2.17. The fourth-order valence-electron chi connectivity index (χ4n) is 2.17. The highest BCUT2D eigenvalue weighted by Gasteiger charge is 2.84. The molecule has 0 spiro atoms. The Balaban J connectivity index is 2.31. The van der Waals surface area contributed by atoms with E-state index in [0.717, 1.165) is 0 Å². The third-order valence-corrected chi connectivity index (χ3v) is 2.79. The van der Waals surface area contributed by atoms with Crippen LogP contribution in [-0.4, -0.2) is 11.5 Å². The van der Waals surface area contributed by atoms with Gasteiger partial charge in [0.1, 0.15) is 0 Å². The maximum absolute atomic E-state index is 12.6. The van der Waals surface area contributed by atoms with Crippen molar-refractivity contribution in [2.75, 3.05) is 0 Å². The molecule has 3 rings (SSSR count). The highest BCUT2D eigenvalue weighted by Crippen LogP contribution is 2.74. The molecular weight excluding hydrogens is 124 g/mol. The molecule has 3 aliphatic rings. The van der Waals surface area contributed by atoms with Crippen LogP contribution >= 0.6 is 0 Å². The molecule has 0 aromatic carbocycles. The van der Waals surface area contributed by atoms with Crippen LogP contribution in [0.3, 0.4) is 0 Å². The minimum Gasteiger partial charge on any atom is -0.320 e. The van der Waals surface area contributed by atoms with Gasteiger partial charge in [0.15, 0.2) is 0 Å². The van der Waals surface area contributed by atoms with Gasteiger partial charge in [-0.25, -0.2) is 8.78 Å². The lowest BCUT2D eigenvalue weighted by molar-refractivity contribution is -0.353. The Labute approximate surface area is 52.2 Å². The van der Waals surface area contributed by atoms with Crippen molar-refractivity contribution in [2.45, 2.75) is 31.2 Å². The molecule has 3 fully saturated rings. The second-order valence-corrected chi connectivity index (χ2v) is 3.64. The lowest BCUT2D eigenvalue weighted by Gasteiger charge is -2.72. The van der Waals surface area contributed by atoms with Gasteiger partial charge in [-0.1, -0.05) is 6.92 Å². The molecule has 0 atom stereocenters. The maximum atomic E-state index is 12.6. The average molecular weight is 133 g/mol. The van der Waals surface area contributed by atoms with Crippen molar-refractivity contribution in [3.8, 4) is 0 Å². The van der Waals surface area contributed by atoms with Crippen molar-refractivity contribution in [3.05, 3.63) is 0 Å². The summed E-state index contributed by atoms with van der Waals surface area (Å²) in [5.74, 6) is -2.57. The predicted octanol–water partition coefficient (Wildman–Crippen LogP) is 1.13. The van der Waals surface area contributed by atoms with E-state index in [2.05, 4.69) is 0 Å². The Bertz CT molecular complexity index is 154. The quantitative estimate of drug-likeness (QED) is 0.526. The zero-order valence-electron chi connectivity index (χ0n) is 5.25. The summed E-state index contributed by atoms with van der Waals surface area (Å²) in [4.78, 5) is 0. The second-order valence-electron chi connectivity index (χ2n) is 3.64. The summed E-state index contributed by atoms with van der Waals surface area (Å²) in [6.07, 6.45) is 1.01. The van der Waals surface area contributed by atoms with Crippen LogP contribution in [0.5, 0.6) is 0 Å². The molecule has 0 aromatic rings. The van der Waals surface area contributed by atoms with E-state index in [-0.39, 0.29) is 0 Å². The third-order valence-electron chi connectivity index (χ3n) is 2.79. The van der Waals surface area contributed by atoms with Crippen molar-refractivity contribution >= 4 is 0 Å². The van der Waals surface area contributed by atoms with Gasteiger partial charge in [-0.2, -0.15) is 0 Å². The standard InChI is InChI=1S/C6H9F2N/c1-4-2-5(9,3-4)6(4,7)8/h2-3,9H2,1H3. The summed E-state index contributed by atoms with van der Waals surface area (Å²) in [6.45, 7) is 1.60. The molecule has 0 aliphatic heterocycles. The largest absolute Gasteiger partial charge is 0.320 e. The Morgan fingerprint density at radius 2 is 1.78 bits per heavy atom. The predicted molar refractivity (Wildman–Crippen MR) is 29.2 cm³/mol. The van der Waals surface area contributed by atoms with Gasteiger partial charge in [0, 0.05) is 5.41 Å². The van der Waals surface area contributed by atoms with Crippen LogP contribution in [0.15, 0.2) is 0 Å². The average Bonchev–Trinajstić information content (AvgIpc) is 1.64. The smallest absolute Gasteiger partial charge is 0.271 e. The first-order valence-electron chi connectivity index (χ1n) is 3.08. The second kappa shape index (κ2) is 0.926. The van der Waals surface area contributed by atoms with E-state index < -0.39 is 16.9 Å². The highest BCUT2D eigenvalue weighted by atomic mass is 19.3. The Morgan fingerprint density at radius 1 is 1.33 bits per heavy atom. The summed E-state index contributed by atoms with van der Waals surface area (Å²) in [6, 6.07) is 0. The van der Waals surface area contributed by atoms with Crippen molar-refractivity contribution in [2.24, 2.45) is 11.1 Å². The minimum absolute atomic E-state index is 0.507. The Morgan fingerprint density at radius 3 is 1.78 bits per heavy atom.